The lowest BCUT2D eigenvalue weighted by Crippen LogP contribution is -2.27. The standard InChI is InChI=1S/C16H21F2N3/c1-3-13-10-14(21(4-2)20-13)9-12(19)8-11-6-5-7-15(17)16(11)18/h5-7,10,12H,3-4,8-9,19H2,1-2H3. The quantitative estimate of drug-likeness (QED) is 0.890. The van der Waals surface area contributed by atoms with Crippen molar-refractivity contribution in [1.29, 1.82) is 0 Å². The van der Waals surface area contributed by atoms with Gasteiger partial charge in [-0.05, 0) is 37.5 Å². The molecule has 3 nitrogen and oxygen atoms in total. The van der Waals surface area contributed by atoms with Crippen molar-refractivity contribution in [3.8, 4) is 0 Å². The zero-order chi connectivity index (χ0) is 15.4. The van der Waals surface area contributed by atoms with E-state index in [1.807, 2.05) is 24.6 Å². The van der Waals surface area contributed by atoms with Gasteiger partial charge in [-0.3, -0.25) is 4.68 Å². The number of nitrogens with two attached hydrogens (primary N) is 1. The van der Waals surface area contributed by atoms with E-state index in [2.05, 4.69) is 5.10 Å². The van der Waals surface area contributed by atoms with Gasteiger partial charge < -0.3 is 5.73 Å². The number of hydrogen-bond donors (Lipinski definition) is 1. The van der Waals surface area contributed by atoms with Crippen LogP contribution >= 0.6 is 0 Å². The summed E-state index contributed by atoms with van der Waals surface area (Å²) in [5.74, 6) is -1.63. The minimum Gasteiger partial charge on any atom is -0.327 e. The van der Waals surface area contributed by atoms with Crippen LogP contribution in [0.15, 0.2) is 24.3 Å². The number of aryl methyl sites for hydroxylation is 2. The van der Waals surface area contributed by atoms with Gasteiger partial charge in [0.05, 0.1) is 5.69 Å². The molecule has 0 aliphatic heterocycles. The Labute approximate surface area is 123 Å². The van der Waals surface area contributed by atoms with Gasteiger partial charge in [-0.2, -0.15) is 5.10 Å². The van der Waals surface area contributed by atoms with Crippen molar-refractivity contribution in [3.05, 3.63) is 52.9 Å². The van der Waals surface area contributed by atoms with E-state index in [-0.39, 0.29) is 6.04 Å². The first kappa shape index (κ1) is 15.6. The van der Waals surface area contributed by atoms with Gasteiger partial charge in [-0.1, -0.05) is 19.1 Å². The Morgan fingerprint density at radius 1 is 1.24 bits per heavy atom. The van der Waals surface area contributed by atoms with E-state index in [1.165, 1.54) is 6.07 Å². The van der Waals surface area contributed by atoms with Crippen molar-refractivity contribution in [2.24, 2.45) is 5.73 Å². The summed E-state index contributed by atoms with van der Waals surface area (Å²) >= 11 is 0. The second-order valence-corrected chi connectivity index (χ2v) is 5.18. The fraction of sp³-hybridized carbons (Fsp3) is 0.438. The van der Waals surface area contributed by atoms with Crippen molar-refractivity contribution in [2.45, 2.75) is 45.7 Å². The molecule has 2 aromatic rings. The fourth-order valence-corrected chi connectivity index (χ4v) is 2.46. The van der Waals surface area contributed by atoms with E-state index < -0.39 is 11.6 Å². The number of nitrogens with zero attached hydrogens (tertiary/aromatic N) is 2. The molecule has 5 heteroatoms. The summed E-state index contributed by atoms with van der Waals surface area (Å²) in [6.45, 7) is 4.85. The van der Waals surface area contributed by atoms with Crippen LogP contribution in [0.3, 0.4) is 0 Å². The third-order valence-corrected chi connectivity index (χ3v) is 3.56. The Morgan fingerprint density at radius 3 is 2.67 bits per heavy atom. The molecule has 1 heterocycles. The van der Waals surface area contributed by atoms with Gasteiger partial charge in [0.25, 0.3) is 0 Å². The van der Waals surface area contributed by atoms with Crippen molar-refractivity contribution in [2.75, 3.05) is 0 Å². The summed E-state index contributed by atoms with van der Waals surface area (Å²) in [5.41, 5.74) is 8.49. The molecular formula is C16H21F2N3. The van der Waals surface area contributed by atoms with Crippen molar-refractivity contribution >= 4 is 0 Å². The highest BCUT2D eigenvalue weighted by molar-refractivity contribution is 5.21. The van der Waals surface area contributed by atoms with Crippen LogP contribution in [0, 0.1) is 11.6 Å². The van der Waals surface area contributed by atoms with E-state index in [4.69, 9.17) is 5.73 Å². The van der Waals surface area contributed by atoms with Crippen LogP contribution in [0.4, 0.5) is 8.78 Å². The molecule has 1 atom stereocenters. The van der Waals surface area contributed by atoms with E-state index >= 15 is 0 Å². The second kappa shape index (κ2) is 6.80. The number of rotatable bonds is 6. The number of halogens is 2. The van der Waals surface area contributed by atoms with Crippen LogP contribution in [0.25, 0.3) is 0 Å². The smallest absolute Gasteiger partial charge is 0.162 e. The molecule has 1 aromatic heterocycles. The first-order valence-corrected chi connectivity index (χ1v) is 7.29. The van der Waals surface area contributed by atoms with E-state index in [0.717, 1.165) is 30.4 Å². The Morgan fingerprint density at radius 2 is 2.00 bits per heavy atom. The van der Waals surface area contributed by atoms with Gasteiger partial charge >= 0.3 is 0 Å². The maximum atomic E-state index is 13.7. The third-order valence-electron chi connectivity index (χ3n) is 3.56. The van der Waals surface area contributed by atoms with Crippen LogP contribution < -0.4 is 5.73 Å². The molecule has 0 radical (unpaired) electrons. The molecule has 0 saturated heterocycles. The van der Waals surface area contributed by atoms with Gasteiger partial charge in [0.15, 0.2) is 11.6 Å². The highest BCUT2D eigenvalue weighted by Crippen LogP contribution is 2.15. The maximum absolute atomic E-state index is 13.7. The lowest BCUT2D eigenvalue weighted by Gasteiger charge is -2.13. The number of aromatic nitrogens is 2. The van der Waals surface area contributed by atoms with E-state index in [9.17, 15) is 8.78 Å². The molecule has 0 aliphatic carbocycles. The van der Waals surface area contributed by atoms with Crippen LogP contribution in [0.2, 0.25) is 0 Å². The average molecular weight is 293 g/mol. The summed E-state index contributed by atoms with van der Waals surface area (Å²) in [7, 11) is 0. The van der Waals surface area contributed by atoms with E-state index in [1.54, 1.807) is 6.07 Å². The normalized spacial score (nSPS) is 12.6. The van der Waals surface area contributed by atoms with Gasteiger partial charge in [0.1, 0.15) is 0 Å². The van der Waals surface area contributed by atoms with Crippen molar-refractivity contribution in [3.63, 3.8) is 0 Å². The minimum atomic E-state index is -0.827. The van der Waals surface area contributed by atoms with Crippen LogP contribution in [-0.2, 0) is 25.8 Å². The van der Waals surface area contributed by atoms with Gasteiger partial charge in [0.2, 0.25) is 0 Å². The summed E-state index contributed by atoms with van der Waals surface area (Å²) in [6.07, 6.45) is 1.77. The molecule has 0 spiro atoms. The van der Waals surface area contributed by atoms with Crippen LogP contribution in [0.5, 0.6) is 0 Å². The average Bonchev–Trinajstić information content (AvgIpc) is 2.86. The lowest BCUT2D eigenvalue weighted by atomic mass is 10.0. The third kappa shape index (κ3) is 3.67. The molecular weight excluding hydrogens is 272 g/mol. The monoisotopic (exact) mass is 293 g/mol. The van der Waals surface area contributed by atoms with Gasteiger partial charge in [-0.25, -0.2) is 8.78 Å². The zero-order valence-corrected chi connectivity index (χ0v) is 12.4. The predicted octanol–water partition coefficient (Wildman–Crippen LogP) is 2.86. The molecule has 2 rings (SSSR count). The summed E-state index contributed by atoms with van der Waals surface area (Å²) < 4.78 is 28.8. The Kier molecular flexibility index (Phi) is 5.07. The van der Waals surface area contributed by atoms with Gasteiger partial charge in [0, 0.05) is 24.7 Å². The lowest BCUT2D eigenvalue weighted by molar-refractivity contribution is 0.490. The number of hydrogen-bond acceptors (Lipinski definition) is 2. The Balaban J connectivity index is 2.09. The topological polar surface area (TPSA) is 43.8 Å². The SMILES string of the molecule is CCc1cc(CC(N)Cc2cccc(F)c2F)n(CC)n1. The highest BCUT2D eigenvalue weighted by Gasteiger charge is 2.14. The summed E-state index contributed by atoms with van der Waals surface area (Å²) in [5, 5.41) is 4.47. The fourth-order valence-electron chi connectivity index (χ4n) is 2.46. The summed E-state index contributed by atoms with van der Waals surface area (Å²) in [4.78, 5) is 0. The molecule has 0 fully saturated rings. The van der Waals surface area contributed by atoms with Crippen molar-refractivity contribution in [1.82, 2.24) is 9.78 Å². The minimum absolute atomic E-state index is 0.270. The van der Waals surface area contributed by atoms with Crippen molar-refractivity contribution < 1.29 is 8.78 Å². The molecule has 2 N–H and O–H groups in total. The zero-order valence-electron chi connectivity index (χ0n) is 12.4. The second-order valence-electron chi connectivity index (χ2n) is 5.18. The molecule has 0 bridgehead atoms. The molecule has 21 heavy (non-hydrogen) atoms. The molecule has 1 aromatic carbocycles. The molecule has 1 unspecified atom stereocenters. The first-order valence-electron chi connectivity index (χ1n) is 7.29. The molecule has 0 saturated carbocycles. The van der Waals surface area contributed by atoms with E-state index in [0.29, 0.717) is 18.4 Å². The van der Waals surface area contributed by atoms with Crippen LogP contribution in [0.1, 0.15) is 30.8 Å². The Bertz CT molecular complexity index is 608. The highest BCUT2D eigenvalue weighted by atomic mass is 19.2. The summed E-state index contributed by atoms with van der Waals surface area (Å²) in [6, 6.07) is 5.96. The number of benzene rings is 1. The molecule has 114 valence electrons. The Hall–Kier alpha value is -1.75. The van der Waals surface area contributed by atoms with Crippen LogP contribution in [-0.4, -0.2) is 15.8 Å². The predicted molar refractivity (Wildman–Crippen MR) is 79.0 cm³/mol. The molecule has 0 aliphatic rings. The molecule has 0 amide bonds. The first-order chi connectivity index (χ1) is 10.0. The maximum Gasteiger partial charge on any atom is 0.162 e. The largest absolute Gasteiger partial charge is 0.327 e. The van der Waals surface area contributed by atoms with Gasteiger partial charge in [-0.15, -0.1) is 0 Å².